The van der Waals surface area contributed by atoms with Crippen LogP contribution in [0.4, 0.5) is 0 Å². The standard InChI is InChI=1S/C18H26N6O2.ClH/c1-11(2)9-18(4,10-19)24-14(25)8-13-12(3)22-16(23-17(13)26)15-20-6-5-7-21-15;/h5-7,11H,8-10,19H2,1-4H3,(H,24,25)(H,22,23,26);1H. The first kappa shape index (κ1) is 22.7. The molecule has 1 amide bonds. The van der Waals surface area contributed by atoms with Crippen LogP contribution in [0.5, 0.6) is 0 Å². The van der Waals surface area contributed by atoms with Crippen LogP contribution in [0, 0.1) is 12.8 Å². The minimum atomic E-state index is -0.503. The Hall–Kier alpha value is -2.32. The highest BCUT2D eigenvalue weighted by Crippen LogP contribution is 2.16. The summed E-state index contributed by atoms with van der Waals surface area (Å²) in [7, 11) is 0. The number of halogens is 1. The lowest BCUT2D eigenvalue weighted by molar-refractivity contribution is -0.122. The maximum atomic E-state index is 12.5. The second-order valence-corrected chi connectivity index (χ2v) is 7.14. The summed E-state index contributed by atoms with van der Waals surface area (Å²) in [6.45, 7) is 8.08. The van der Waals surface area contributed by atoms with Gasteiger partial charge in [-0.05, 0) is 32.3 Å². The van der Waals surface area contributed by atoms with Crippen molar-refractivity contribution in [1.29, 1.82) is 0 Å². The molecule has 0 spiro atoms. The van der Waals surface area contributed by atoms with Crippen LogP contribution in [0.1, 0.15) is 38.4 Å². The van der Waals surface area contributed by atoms with Gasteiger partial charge in [-0.25, -0.2) is 15.0 Å². The number of amides is 1. The van der Waals surface area contributed by atoms with Gasteiger partial charge in [-0.3, -0.25) is 9.59 Å². The highest BCUT2D eigenvalue weighted by molar-refractivity contribution is 5.85. The van der Waals surface area contributed by atoms with Crippen molar-refractivity contribution in [2.45, 2.75) is 46.1 Å². The number of carbonyl (C=O) groups is 1. The van der Waals surface area contributed by atoms with Gasteiger partial charge in [0.15, 0.2) is 11.6 Å². The van der Waals surface area contributed by atoms with E-state index >= 15 is 0 Å². The third-order valence-corrected chi connectivity index (χ3v) is 4.09. The summed E-state index contributed by atoms with van der Waals surface area (Å²) >= 11 is 0. The summed E-state index contributed by atoms with van der Waals surface area (Å²) in [4.78, 5) is 40.0. The van der Waals surface area contributed by atoms with E-state index in [-0.39, 0.29) is 36.1 Å². The molecule has 2 aromatic heterocycles. The molecule has 2 heterocycles. The van der Waals surface area contributed by atoms with Crippen LogP contribution in [-0.4, -0.2) is 37.9 Å². The van der Waals surface area contributed by atoms with Crippen LogP contribution in [-0.2, 0) is 11.2 Å². The molecule has 9 heteroatoms. The molecule has 0 aliphatic rings. The number of aromatic nitrogens is 4. The molecular formula is C18H27ClN6O2. The van der Waals surface area contributed by atoms with Crippen molar-refractivity contribution in [3.63, 3.8) is 0 Å². The summed E-state index contributed by atoms with van der Waals surface area (Å²) in [5.41, 5.74) is 5.76. The summed E-state index contributed by atoms with van der Waals surface area (Å²) in [5.74, 6) is 0.749. The van der Waals surface area contributed by atoms with Gasteiger partial charge in [0.25, 0.3) is 5.56 Å². The lowest BCUT2D eigenvalue weighted by Crippen LogP contribution is -2.52. The average molecular weight is 395 g/mol. The average Bonchev–Trinajstić information content (AvgIpc) is 2.58. The van der Waals surface area contributed by atoms with E-state index in [1.165, 1.54) is 0 Å². The fourth-order valence-corrected chi connectivity index (χ4v) is 2.97. The normalized spacial score (nSPS) is 13.0. The van der Waals surface area contributed by atoms with E-state index in [4.69, 9.17) is 5.73 Å². The van der Waals surface area contributed by atoms with Crippen LogP contribution in [0.25, 0.3) is 11.6 Å². The summed E-state index contributed by atoms with van der Waals surface area (Å²) in [6, 6.07) is 1.68. The van der Waals surface area contributed by atoms with Crippen molar-refractivity contribution in [3.8, 4) is 11.6 Å². The van der Waals surface area contributed by atoms with Crippen LogP contribution < -0.4 is 16.6 Å². The van der Waals surface area contributed by atoms with E-state index < -0.39 is 5.54 Å². The second-order valence-electron chi connectivity index (χ2n) is 7.14. The molecule has 0 bridgehead atoms. The molecule has 27 heavy (non-hydrogen) atoms. The first-order valence-corrected chi connectivity index (χ1v) is 8.62. The number of carbonyl (C=O) groups excluding carboxylic acids is 1. The zero-order chi connectivity index (χ0) is 19.3. The number of rotatable bonds is 7. The van der Waals surface area contributed by atoms with Gasteiger partial charge >= 0.3 is 0 Å². The Morgan fingerprint density at radius 3 is 2.48 bits per heavy atom. The van der Waals surface area contributed by atoms with Gasteiger partial charge in [0.2, 0.25) is 5.91 Å². The second kappa shape index (κ2) is 9.57. The molecule has 0 radical (unpaired) electrons. The predicted molar refractivity (Wildman–Crippen MR) is 107 cm³/mol. The van der Waals surface area contributed by atoms with Crippen molar-refractivity contribution in [2.75, 3.05) is 6.54 Å². The minimum Gasteiger partial charge on any atom is -0.349 e. The fourth-order valence-electron chi connectivity index (χ4n) is 2.97. The van der Waals surface area contributed by atoms with E-state index in [9.17, 15) is 9.59 Å². The summed E-state index contributed by atoms with van der Waals surface area (Å²) in [6.07, 6.45) is 3.84. The van der Waals surface area contributed by atoms with E-state index in [0.717, 1.165) is 6.42 Å². The van der Waals surface area contributed by atoms with Gasteiger partial charge in [-0.15, -0.1) is 12.4 Å². The van der Waals surface area contributed by atoms with E-state index in [0.29, 0.717) is 29.5 Å². The molecule has 0 fully saturated rings. The first-order chi connectivity index (χ1) is 12.2. The largest absolute Gasteiger partial charge is 0.349 e. The molecule has 1 atom stereocenters. The molecule has 2 rings (SSSR count). The third kappa shape index (κ3) is 6.11. The lowest BCUT2D eigenvalue weighted by Gasteiger charge is -2.31. The number of aromatic amines is 1. The monoisotopic (exact) mass is 394 g/mol. The topological polar surface area (TPSA) is 127 Å². The number of H-pyrrole nitrogens is 1. The van der Waals surface area contributed by atoms with Gasteiger partial charge in [-0.1, -0.05) is 13.8 Å². The Morgan fingerprint density at radius 1 is 1.33 bits per heavy atom. The molecule has 0 saturated carbocycles. The van der Waals surface area contributed by atoms with E-state index in [2.05, 4.69) is 39.1 Å². The maximum absolute atomic E-state index is 12.5. The number of hydrogen-bond donors (Lipinski definition) is 3. The highest BCUT2D eigenvalue weighted by Gasteiger charge is 2.26. The molecule has 2 aromatic rings. The Morgan fingerprint density at radius 2 is 1.96 bits per heavy atom. The Balaban J connectivity index is 0.00000364. The van der Waals surface area contributed by atoms with Crippen molar-refractivity contribution >= 4 is 18.3 Å². The number of nitrogens with two attached hydrogens (primary N) is 1. The highest BCUT2D eigenvalue weighted by atomic mass is 35.5. The van der Waals surface area contributed by atoms with E-state index in [1.54, 1.807) is 25.4 Å². The van der Waals surface area contributed by atoms with Gasteiger partial charge in [0.1, 0.15) is 0 Å². The van der Waals surface area contributed by atoms with Crippen molar-refractivity contribution in [3.05, 3.63) is 40.1 Å². The third-order valence-electron chi connectivity index (χ3n) is 4.09. The summed E-state index contributed by atoms with van der Waals surface area (Å²) in [5, 5.41) is 2.95. The van der Waals surface area contributed by atoms with Gasteiger partial charge in [0, 0.05) is 35.7 Å². The van der Waals surface area contributed by atoms with Crippen LogP contribution in [0.15, 0.2) is 23.3 Å². The van der Waals surface area contributed by atoms with Gasteiger partial charge < -0.3 is 16.0 Å². The van der Waals surface area contributed by atoms with Crippen LogP contribution in [0.2, 0.25) is 0 Å². The SMILES string of the molecule is Cc1nc(-c2ncccn2)[nH]c(=O)c1CC(=O)NC(C)(CN)CC(C)C.Cl. The molecular weight excluding hydrogens is 368 g/mol. The molecule has 1 unspecified atom stereocenters. The Labute approximate surface area is 164 Å². The number of aryl methyl sites for hydroxylation is 1. The molecule has 0 aliphatic carbocycles. The molecule has 0 saturated heterocycles. The minimum absolute atomic E-state index is 0. The van der Waals surface area contributed by atoms with Crippen LogP contribution >= 0.6 is 12.4 Å². The van der Waals surface area contributed by atoms with E-state index in [1.807, 2.05) is 6.92 Å². The molecule has 4 N–H and O–H groups in total. The quantitative estimate of drug-likeness (QED) is 0.651. The molecule has 0 aromatic carbocycles. The lowest BCUT2D eigenvalue weighted by atomic mass is 9.90. The molecule has 8 nitrogen and oxygen atoms in total. The zero-order valence-electron chi connectivity index (χ0n) is 16.1. The van der Waals surface area contributed by atoms with Crippen molar-refractivity contribution in [1.82, 2.24) is 25.3 Å². The number of hydrogen-bond acceptors (Lipinski definition) is 6. The van der Waals surface area contributed by atoms with Crippen LogP contribution in [0.3, 0.4) is 0 Å². The van der Waals surface area contributed by atoms with Gasteiger partial charge in [0.05, 0.1) is 6.42 Å². The van der Waals surface area contributed by atoms with Gasteiger partial charge in [-0.2, -0.15) is 0 Å². The maximum Gasteiger partial charge on any atom is 0.255 e. The molecule has 148 valence electrons. The van der Waals surface area contributed by atoms with Crippen molar-refractivity contribution < 1.29 is 4.79 Å². The Bertz CT molecular complexity index is 824. The molecule has 0 aliphatic heterocycles. The number of nitrogens with zero attached hydrogens (tertiary/aromatic N) is 3. The number of nitrogens with one attached hydrogen (secondary N) is 2. The zero-order valence-corrected chi connectivity index (χ0v) is 16.9. The fraction of sp³-hybridized carbons (Fsp3) is 0.500. The summed E-state index contributed by atoms with van der Waals surface area (Å²) < 4.78 is 0. The Kier molecular flexibility index (Phi) is 8.05. The van der Waals surface area contributed by atoms with Crippen molar-refractivity contribution in [2.24, 2.45) is 11.7 Å². The first-order valence-electron chi connectivity index (χ1n) is 8.62. The smallest absolute Gasteiger partial charge is 0.255 e. The predicted octanol–water partition coefficient (Wildman–Crippen LogP) is 1.38.